The molecular weight excluding hydrogens is 276 g/mol. The molecule has 3 rings (SSSR count). The number of carbonyl (C=O) groups excluding carboxylic acids is 2. The van der Waals surface area contributed by atoms with Gasteiger partial charge in [0.2, 0.25) is 0 Å². The van der Waals surface area contributed by atoms with Crippen molar-refractivity contribution < 1.29 is 14.3 Å². The van der Waals surface area contributed by atoms with Gasteiger partial charge < -0.3 is 4.74 Å². The van der Waals surface area contributed by atoms with Gasteiger partial charge in [-0.3, -0.25) is 9.59 Å². The molecule has 1 aliphatic heterocycles. The maximum absolute atomic E-state index is 12.3. The molecule has 2 aromatic rings. The van der Waals surface area contributed by atoms with Gasteiger partial charge >= 0.3 is 11.9 Å². The van der Waals surface area contributed by atoms with Gasteiger partial charge in [0.25, 0.3) is 0 Å². The second kappa shape index (κ2) is 6.14. The summed E-state index contributed by atoms with van der Waals surface area (Å²) in [4.78, 5) is 24.2. The Labute approximate surface area is 129 Å². The molecular formula is C19H18O3. The Bertz CT molecular complexity index is 664. The molecule has 1 fully saturated rings. The van der Waals surface area contributed by atoms with Crippen LogP contribution in [0.4, 0.5) is 0 Å². The quantitative estimate of drug-likeness (QED) is 0.644. The Morgan fingerprint density at radius 1 is 0.864 bits per heavy atom. The van der Waals surface area contributed by atoms with Crippen molar-refractivity contribution >= 4 is 11.9 Å². The fourth-order valence-corrected chi connectivity index (χ4v) is 3.18. The molecule has 1 aliphatic rings. The second-order valence-corrected chi connectivity index (χ2v) is 5.76. The molecule has 3 nitrogen and oxygen atoms in total. The normalized spacial score (nSPS) is 24.9. The molecule has 1 heterocycles. The molecule has 0 saturated carbocycles. The van der Waals surface area contributed by atoms with E-state index >= 15 is 0 Å². The van der Waals surface area contributed by atoms with Crippen LogP contribution < -0.4 is 0 Å². The van der Waals surface area contributed by atoms with Crippen LogP contribution in [0.25, 0.3) is 0 Å². The monoisotopic (exact) mass is 294 g/mol. The molecule has 3 heteroatoms. The number of esters is 2. The maximum Gasteiger partial charge on any atom is 0.317 e. The molecule has 0 aromatic heterocycles. The molecule has 2 aromatic carbocycles. The smallest absolute Gasteiger partial charge is 0.317 e. The van der Waals surface area contributed by atoms with Crippen LogP contribution >= 0.6 is 0 Å². The maximum atomic E-state index is 12.3. The molecule has 22 heavy (non-hydrogen) atoms. The van der Waals surface area contributed by atoms with E-state index in [1.807, 2.05) is 67.6 Å². The third-order valence-electron chi connectivity index (χ3n) is 4.33. The molecule has 3 unspecified atom stereocenters. The summed E-state index contributed by atoms with van der Waals surface area (Å²) < 4.78 is 4.96. The average molecular weight is 294 g/mol. The highest BCUT2D eigenvalue weighted by Crippen LogP contribution is 2.39. The molecule has 112 valence electrons. The van der Waals surface area contributed by atoms with E-state index in [0.29, 0.717) is 6.42 Å². The summed E-state index contributed by atoms with van der Waals surface area (Å²) in [6.07, 6.45) is 0.580. The van der Waals surface area contributed by atoms with Crippen LogP contribution in [0.1, 0.15) is 24.0 Å². The Hall–Kier alpha value is -2.42. The minimum absolute atomic E-state index is 0.143. The number of hydrogen-bond acceptors (Lipinski definition) is 3. The summed E-state index contributed by atoms with van der Waals surface area (Å²) in [5.74, 6) is -1.65. The van der Waals surface area contributed by atoms with Crippen LogP contribution in [-0.2, 0) is 20.7 Å². The number of rotatable bonds is 3. The van der Waals surface area contributed by atoms with Gasteiger partial charge in [-0.05, 0) is 17.5 Å². The first-order valence-electron chi connectivity index (χ1n) is 7.51. The number of hydrogen-bond donors (Lipinski definition) is 0. The molecule has 0 aliphatic carbocycles. The summed E-state index contributed by atoms with van der Waals surface area (Å²) in [5.41, 5.74) is 2.09. The molecule has 0 bridgehead atoms. The predicted molar refractivity (Wildman–Crippen MR) is 83.1 cm³/mol. The van der Waals surface area contributed by atoms with Crippen molar-refractivity contribution in [3.63, 3.8) is 0 Å². The van der Waals surface area contributed by atoms with E-state index in [4.69, 9.17) is 4.74 Å². The highest BCUT2D eigenvalue weighted by molar-refractivity contribution is 5.92. The first kappa shape index (κ1) is 14.5. The Morgan fingerprint density at radius 2 is 1.45 bits per heavy atom. The molecule has 1 saturated heterocycles. The van der Waals surface area contributed by atoms with Crippen LogP contribution in [0.2, 0.25) is 0 Å². The topological polar surface area (TPSA) is 43.4 Å². The zero-order chi connectivity index (χ0) is 15.5. The summed E-state index contributed by atoms with van der Waals surface area (Å²) >= 11 is 0. The van der Waals surface area contributed by atoms with Crippen molar-refractivity contribution in [2.45, 2.75) is 19.3 Å². The summed E-state index contributed by atoms with van der Waals surface area (Å²) in [6, 6.07) is 19.6. The van der Waals surface area contributed by atoms with E-state index < -0.39 is 11.9 Å². The molecule has 0 radical (unpaired) electrons. The first-order valence-corrected chi connectivity index (χ1v) is 7.51. The molecule has 0 amide bonds. The van der Waals surface area contributed by atoms with Crippen LogP contribution in [0.15, 0.2) is 60.7 Å². The highest BCUT2D eigenvalue weighted by Gasteiger charge is 2.43. The SMILES string of the molecule is CC1C(=O)OC(=O)C(Cc2ccccc2)C1c1ccccc1. The van der Waals surface area contributed by atoms with Gasteiger partial charge in [-0.1, -0.05) is 67.6 Å². The summed E-state index contributed by atoms with van der Waals surface area (Å²) in [6.45, 7) is 1.84. The third-order valence-corrected chi connectivity index (χ3v) is 4.33. The van der Waals surface area contributed by atoms with Crippen molar-refractivity contribution in [2.75, 3.05) is 0 Å². The van der Waals surface area contributed by atoms with Gasteiger partial charge in [-0.2, -0.15) is 0 Å². The van der Waals surface area contributed by atoms with Crippen molar-refractivity contribution in [2.24, 2.45) is 11.8 Å². The third kappa shape index (κ3) is 2.80. The van der Waals surface area contributed by atoms with Gasteiger partial charge in [-0.15, -0.1) is 0 Å². The Morgan fingerprint density at radius 3 is 2.09 bits per heavy atom. The largest absolute Gasteiger partial charge is 0.393 e. The van der Waals surface area contributed by atoms with E-state index in [2.05, 4.69) is 0 Å². The Balaban J connectivity index is 1.96. The average Bonchev–Trinajstić information content (AvgIpc) is 2.55. The number of ether oxygens (including phenoxy) is 1. The van der Waals surface area contributed by atoms with Crippen LogP contribution in [-0.4, -0.2) is 11.9 Å². The highest BCUT2D eigenvalue weighted by atomic mass is 16.6. The van der Waals surface area contributed by atoms with E-state index in [9.17, 15) is 9.59 Å². The zero-order valence-corrected chi connectivity index (χ0v) is 12.4. The number of carbonyl (C=O) groups is 2. The van der Waals surface area contributed by atoms with E-state index in [-0.39, 0.29) is 17.8 Å². The van der Waals surface area contributed by atoms with Gasteiger partial charge in [-0.25, -0.2) is 0 Å². The lowest BCUT2D eigenvalue weighted by Gasteiger charge is -2.34. The Kier molecular flexibility index (Phi) is 4.05. The fraction of sp³-hybridized carbons (Fsp3) is 0.263. The lowest BCUT2D eigenvalue weighted by molar-refractivity contribution is -0.173. The van der Waals surface area contributed by atoms with Crippen molar-refractivity contribution in [1.29, 1.82) is 0 Å². The van der Waals surface area contributed by atoms with Crippen LogP contribution in [0.3, 0.4) is 0 Å². The van der Waals surface area contributed by atoms with Gasteiger partial charge in [0.05, 0.1) is 11.8 Å². The van der Waals surface area contributed by atoms with Crippen LogP contribution in [0, 0.1) is 11.8 Å². The van der Waals surface area contributed by atoms with Crippen molar-refractivity contribution in [3.8, 4) is 0 Å². The number of benzene rings is 2. The summed E-state index contributed by atoms with van der Waals surface area (Å²) in [5, 5.41) is 0. The van der Waals surface area contributed by atoms with E-state index in [1.165, 1.54) is 0 Å². The zero-order valence-electron chi connectivity index (χ0n) is 12.4. The molecule has 0 spiro atoms. The minimum atomic E-state index is -0.428. The second-order valence-electron chi connectivity index (χ2n) is 5.76. The number of cyclic esters (lactones) is 2. The lowest BCUT2D eigenvalue weighted by atomic mass is 9.73. The van der Waals surface area contributed by atoms with Crippen molar-refractivity contribution in [3.05, 3.63) is 71.8 Å². The predicted octanol–water partition coefficient (Wildman–Crippen LogP) is 3.35. The molecule has 3 atom stereocenters. The van der Waals surface area contributed by atoms with Crippen LogP contribution in [0.5, 0.6) is 0 Å². The van der Waals surface area contributed by atoms with Gasteiger partial charge in [0.15, 0.2) is 0 Å². The first-order chi connectivity index (χ1) is 10.7. The van der Waals surface area contributed by atoms with Gasteiger partial charge in [0, 0.05) is 5.92 Å². The van der Waals surface area contributed by atoms with Crippen molar-refractivity contribution in [1.82, 2.24) is 0 Å². The van der Waals surface area contributed by atoms with Gasteiger partial charge in [0.1, 0.15) is 0 Å². The fourth-order valence-electron chi connectivity index (χ4n) is 3.18. The minimum Gasteiger partial charge on any atom is -0.393 e. The molecule has 0 N–H and O–H groups in total. The standard InChI is InChI=1S/C19H18O3/c1-13-17(15-10-6-3-7-11-15)16(19(21)22-18(13)20)12-14-8-4-2-5-9-14/h2-11,13,16-17H,12H2,1H3. The lowest BCUT2D eigenvalue weighted by Crippen LogP contribution is -2.41. The van der Waals surface area contributed by atoms with E-state index in [1.54, 1.807) is 0 Å². The van der Waals surface area contributed by atoms with E-state index in [0.717, 1.165) is 11.1 Å². The summed E-state index contributed by atoms with van der Waals surface area (Å²) in [7, 11) is 0.